The summed E-state index contributed by atoms with van der Waals surface area (Å²) in [6, 6.07) is 9.26. The molecule has 17 heteroatoms. The molecule has 0 aliphatic carbocycles. The van der Waals surface area contributed by atoms with Crippen molar-refractivity contribution in [1.82, 2.24) is 34.6 Å². The second-order valence-electron chi connectivity index (χ2n) is 16.4. The Balaban J connectivity index is 0.762. The number of anilines is 2. The van der Waals surface area contributed by atoms with Gasteiger partial charge in [-0.05, 0) is 94.1 Å². The number of amides is 6. The fourth-order valence-corrected chi connectivity index (χ4v) is 8.95. The van der Waals surface area contributed by atoms with Gasteiger partial charge in [-0.1, -0.05) is 0 Å². The standard InChI is InChI=1S/C42H44FN9O7/c1-23(2)59-35-16-29-26(14-33(35)46-38(54)31-17-45-51-11-3-10-44-37(31)51)21-50(40(29)56)22-32(43)25-8-12-48(13-9-25)18-24-19-49(20-24)27-4-5-28-30(15-27)42(58)52(41(28)57)34-6-7-36(53)47-39(34)55/h3-5,10-11,14-17,23-25,32,34H,6-9,12-13,18-22H2,1-2H3,(H,46,54)(H,47,53,55)/t32-,34?/m1/s1. The largest absolute Gasteiger partial charge is 0.489 e. The minimum absolute atomic E-state index is 0.0218. The van der Waals surface area contributed by atoms with E-state index in [1.807, 2.05) is 19.9 Å². The van der Waals surface area contributed by atoms with Crippen molar-refractivity contribution in [3.63, 3.8) is 0 Å². The quantitative estimate of drug-likeness (QED) is 0.213. The molecule has 59 heavy (non-hydrogen) atoms. The van der Waals surface area contributed by atoms with Gasteiger partial charge in [0, 0.05) is 62.2 Å². The van der Waals surface area contributed by atoms with Gasteiger partial charge in [-0.25, -0.2) is 13.9 Å². The minimum atomic E-state index is -1.19. The maximum Gasteiger partial charge on any atom is 0.262 e. The molecule has 306 valence electrons. The van der Waals surface area contributed by atoms with Gasteiger partial charge in [0.2, 0.25) is 11.8 Å². The molecule has 2 N–H and O–H groups in total. The number of nitrogens with one attached hydrogen (secondary N) is 2. The first-order valence-corrected chi connectivity index (χ1v) is 20.1. The summed E-state index contributed by atoms with van der Waals surface area (Å²) >= 11 is 0. The van der Waals surface area contributed by atoms with Crippen molar-refractivity contribution in [2.45, 2.75) is 64.4 Å². The average molecular weight is 806 g/mol. The van der Waals surface area contributed by atoms with Crippen LogP contribution in [0, 0.1) is 11.8 Å². The Morgan fingerprint density at radius 2 is 1.76 bits per heavy atom. The number of hydrogen-bond donors (Lipinski definition) is 2. The van der Waals surface area contributed by atoms with Gasteiger partial charge < -0.3 is 24.8 Å². The topological polar surface area (TPSA) is 179 Å². The Labute approximate surface area is 338 Å². The number of hydrogen-bond acceptors (Lipinski definition) is 11. The van der Waals surface area contributed by atoms with Crippen molar-refractivity contribution in [3.05, 3.63) is 82.8 Å². The number of benzene rings is 2. The van der Waals surface area contributed by atoms with Crippen LogP contribution in [0.1, 0.15) is 86.5 Å². The fourth-order valence-electron chi connectivity index (χ4n) is 8.95. The summed E-state index contributed by atoms with van der Waals surface area (Å²) < 4.78 is 23.5. The van der Waals surface area contributed by atoms with Gasteiger partial charge in [-0.15, -0.1) is 0 Å². The Kier molecular flexibility index (Phi) is 9.85. The number of piperidine rings is 2. The summed E-state index contributed by atoms with van der Waals surface area (Å²) in [5.41, 5.74) is 3.57. The number of imide groups is 2. The first-order valence-electron chi connectivity index (χ1n) is 20.1. The van der Waals surface area contributed by atoms with E-state index < -0.39 is 41.7 Å². The van der Waals surface area contributed by atoms with E-state index in [1.54, 1.807) is 47.6 Å². The Morgan fingerprint density at radius 3 is 2.53 bits per heavy atom. The molecule has 0 spiro atoms. The second-order valence-corrected chi connectivity index (χ2v) is 16.4. The van der Waals surface area contributed by atoms with Gasteiger partial charge in [-0.2, -0.15) is 5.10 Å². The van der Waals surface area contributed by atoms with Gasteiger partial charge in [-0.3, -0.25) is 39.0 Å². The summed E-state index contributed by atoms with van der Waals surface area (Å²) in [7, 11) is 0. The van der Waals surface area contributed by atoms with Crippen LogP contribution in [0.15, 0.2) is 55.0 Å². The first-order chi connectivity index (χ1) is 28.4. The third-order valence-corrected chi connectivity index (χ3v) is 12.0. The number of carbonyl (C=O) groups excluding carboxylic acids is 6. The van der Waals surface area contributed by atoms with Crippen LogP contribution < -0.4 is 20.3 Å². The number of alkyl halides is 1. The molecule has 1 unspecified atom stereocenters. The number of aromatic nitrogens is 3. The number of halogens is 1. The van der Waals surface area contributed by atoms with E-state index in [4.69, 9.17) is 4.74 Å². The van der Waals surface area contributed by atoms with Crippen LogP contribution in [-0.4, -0.2) is 122 Å². The van der Waals surface area contributed by atoms with Gasteiger partial charge in [0.1, 0.15) is 23.5 Å². The lowest BCUT2D eigenvalue weighted by molar-refractivity contribution is -0.136. The van der Waals surface area contributed by atoms with E-state index in [0.29, 0.717) is 47.0 Å². The summed E-state index contributed by atoms with van der Waals surface area (Å²) in [4.78, 5) is 88.6. The Bertz CT molecular complexity index is 2400. The Hall–Kier alpha value is -6.23. The lowest BCUT2D eigenvalue weighted by Crippen LogP contribution is -2.54. The molecule has 4 aromatic rings. The molecule has 6 amide bonds. The number of likely N-dealkylation sites (tertiary alicyclic amines) is 1. The van der Waals surface area contributed by atoms with Crippen LogP contribution >= 0.6 is 0 Å². The van der Waals surface area contributed by atoms with Gasteiger partial charge in [0.25, 0.3) is 23.6 Å². The first kappa shape index (κ1) is 38.3. The van der Waals surface area contributed by atoms with E-state index in [-0.39, 0.29) is 60.6 Å². The molecule has 0 bridgehead atoms. The number of carbonyl (C=O) groups is 6. The number of rotatable bonds is 11. The molecule has 0 radical (unpaired) electrons. The Morgan fingerprint density at radius 1 is 0.983 bits per heavy atom. The third kappa shape index (κ3) is 7.17. The van der Waals surface area contributed by atoms with Crippen molar-refractivity contribution in [3.8, 4) is 5.75 Å². The summed E-state index contributed by atoms with van der Waals surface area (Å²) in [6.07, 6.45) is 4.84. The SMILES string of the molecule is CC(C)Oc1cc2c(cc1NC(=O)c1cnn3cccnc13)CN(C[C@@H](F)C1CCN(CC3CN(c4ccc5c(c4)C(=O)N(C4CCC(=O)NC4=O)C5=O)C3)CC1)C2=O. The van der Waals surface area contributed by atoms with Crippen molar-refractivity contribution >= 4 is 52.5 Å². The molecule has 2 aromatic carbocycles. The van der Waals surface area contributed by atoms with Gasteiger partial charge in [0.05, 0.1) is 35.7 Å². The maximum atomic E-state index is 15.9. The minimum Gasteiger partial charge on any atom is -0.489 e. The van der Waals surface area contributed by atoms with E-state index in [1.165, 1.54) is 10.7 Å². The van der Waals surface area contributed by atoms with Crippen LogP contribution in [0.4, 0.5) is 15.8 Å². The van der Waals surface area contributed by atoms with Crippen molar-refractivity contribution in [2.24, 2.45) is 11.8 Å². The summed E-state index contributed by atoms with van der Waals surface area (Å²) in [5, 5.41) is 9.33. The lowest BCUT2D eigenvalue weighted by Gasteiger charge is -2.44. The van der Waals surface area contributed by atoms with Gasteiger partial charge in [0.15, 0.2) is 5.65 Å². The highest BCUT2D eigenvalue weighted by Gasteiger charge is 2.45. The highest BCUT2D eigenvalue weighted by Crippen LogP contribution is 2.37. The lowest BCUT2D eigenvalue weighted by atomic mass is 9.90. The summed E-state index contributed by atoms with van der Waals surface area (Å²) in [6.45, 7) is 7.82. The summed E-state index contributed by atoms with van der Waals surface area (Å²) in [5.74, 6) is -2.23. The predicted octanol–water partition coefficient (Wildman–Crippen LogP) is 3.31. The van der Waals surface area contributed by atoms with Crippen LogP contribution in [-0.2, 0) is 16.1 Å². The van der Waals surface area contributed by atoms with Crippen LogP contribution in [0.2, 0.25) is 0 Å². The molecule has 3 saturated heterocycles. The molecule has 9 rings (SSSR count). The average Bonchev–Trinajstić information content (AvgIpc) is 3.84. The van der Waals surface area contributed by atoms with E-state index in [0.717, 1.165) is 43.3 Å². The van der Waals surface area contributed by atoms with Crippen molar-refractivity contribution in [1.29, 1.82) is 0 Å². The molecular formula is C42H44FN9O7. The molecular weight excluding hydrogens is 762 g/mol. The molecule has 7 heterocycles. The molecule has 2 aromatic heterocycles. The zero-order valence-corrected chi connectivity index (χ0v) is 32.7. The highest BCUT2D eigenvalue weighted by atomic mass is 19.1. The number of ether oxygens (including phenoxy) is 1. The van der Waals surface area contributed by atoms with Crippen molar-refractivity contribution in [2.75, 3.05) is 49.5 Å². The molecule has 0 saturated carbocycles. The normalized spacial score (nSPS) is 20.6. The molecule has 5 aliphatic rings. The zero-order valence-electron chi connectivity index (χ0n) is 32.7. The number of nitrogens with zero attached hydrogens (tertiary/aromatic N) is 7. The van der Waals surface area contributed by atoms with Crippen LogP contribution in [0.25, 0.3) is 5.65 Å². The van der Waals surface area contributed by atoms with E-state index in [9.17, 15) is 28.8 Å². The zero-order chi connectivity index (χ0) is 41.1. The van der Waals surface area contributed by atoms with Crippen molar-refractivity contribution < 1.29 is 37.9 Å². The predicted molar refractivity (Wildman–Crippen MR) is 211 cm³/mol. The van der Waals surface area contributed by atoms with Gasteiger partial charge >= 0.3 is 0 Å². The molecule has 2 atom stereocenters. The monoisotopic (exact) mass is 805 g/mol. The van der Waals surface area contributed by atoms with Crippen LogP contribution in [0.3, 0.4) is 0 Å². The maximum absolute atomic E-state index is 15.9. The molecule has 3 fully saturated rings. The fraction of sp³-hybridized carbons (Fsp3) is 0.429. The third-order valence-electron chi connectivity index (χ3n) is 12.0. The highest BCUT2D eigenvalue weighted by molar-refractivity contribution is 6.23. The molecule has 5 aliphatic heterocycles. The smallest absolute Gasteiger partial charge is 0.262 e. The second kappa shape index (κ2) is 15.2. The van der Waals surface area contributed by atoms with E-state index >= 15 is 4.39 Å². The number of fused-ring (bicyclic) bond motifs is 3. The van der Waals surface area contributed by atoms with Crippen LogP contribution in [0.5, 0.6) is 5.75 Å². The van der Waals surface area contributed by atoms with E-state index in [2.05, 4.69) is 30.5 Å². The molecule has 16 nitrogen and oxygen atoms in total.